The van der Waals surface area contributed by atoms with Crippen LogP contribution in [0.15, 0.2) is 48.5 Å². The van der Waals surface area contributed by atoms with Crippen LogP contribution in [0.4, 0.5) is 0 Å². The standard InChI is InChI=1S/C7H5O4.C5H11Cl.C5H5.Fe/c8-6(9)4-2-1-3-5(4)7(10)11;1-2-3-4-5-6;1-2-4-5-3-1;/h1-3H,(H,8,9)(H,10,11);2-5H2,1H3;1-5H;/q-1;;-5;. The summed E-state index contributed by atoms with van der Waals surface area (Å²) >= 11 is 5.38. The molecular formula is C17H21ClFeO4-6. The number of hydrogen-bond donors (Lipinski definition) is 2. The molecule has 0 unspecified atom stereocenters. The van der Waals surface area contributed by atoms with Crippen molar-refractivity contribution in [3.8, 4) is 0 Å². The smallest absolute Gasteiger partial charge is 0.292 e. The van der Waals surface area contributed by atoms with Gasteiger partial charge in [-0.2, -0.15) is 12.1 Å². The first-order valence-corrected chi connectivity index (χ1v) is 7.53. The third kappa shape index (κ3) is 11.6. The topological polar surface area (TPSA) is 74.6 Å². The van der Waals surface area contributed by atoms with E-state index in [0.717, 1.165) is 5.88 Å². The van der Waals surface area contributed by atoms with Gasteiger partial charge >= 0.3 is 0 Å². The minimum atomic E-state index is -1.22. The Hall–Kier alpha value is -1.55. The predicted molar refractivity (Wildman–Crippen MR) is 88.2 cm³/mol. The third-order valence-electron chi connectivity index (χ3n) is 2.57. The Labute approximate surface area is 152 Å². The van der Waals surface area contributed by atoms with Gasteiger partial charge in [0.25, 0.3) is 5.97 Å². The minimum absolute atomic E-state index is 0. The van der Waals surface area contributed by atoms with Crippen molar-refractivity contribution in [1.82, 2.24) is 0 Å². The molecule has 4 nitrogen and oxygen atoms in total. The largest absolute Gasteiger partial charge is 0.748 e. The Balaban J connectivity index is 0. The first-order chi connectivity index (χ1) is 10.5. The minimum Gasteiger partial charge on any atom is -0.748 e. The van der Waals surface area contributed by atoms with Crippen LogP contribution in [0.1, 0.15) is 46.9 Å². The second-order valence-electron chi connectivity index (χ2n) is 4.32. The van der Waals surface area contributed by atoms with E-state index in [2.05, 4.69) is 6.92 Å². The Kier molecular flexibility index (Phi) is 15.8. The fraction of sp³-hybridized carbons (Fsp3) is 0.294. The molecule has 0 saturated carbocycles. The van der Waals surface area contributed by atoms with E-state index in [1.165, 1.54) is 37.5 Å². The van der Waals surface area contributed by atoms with Crippen LogP contribution in [0.25, 0.3) is 0 Å². The van der Waals surface area contributed by atoms with Gasteiger partial charge in [0.15, 0.2) is 0 Å². The Morgan fingerprint density at radius 3 is 1.91 bits per heavy atom. The van der Waals surface area contributed by atoms with Gasteiger partial charge in [0, 0.05) is 22.9 Å². The number of aromatic carboxylic acids is 2. The molecule has 0 spiro atoms. The molecule has 2 aromatic carbocycles. The summed E-state index contributed by atoms with van der Waals surface area (Å²) in [5.41, 5.74) is -0.338. The molecule has 134 valence electrons. The second kappa shape index (κ2) is 15.3. The van der Waals surface area contributed by atoms with Crippen molar-refractivity contribution in [1.29, 1.82) is 0 Å². The van der Waals surface area contributed by atoms with Crippen molar-refractivity contribution in [2.45, 2.75) is 26.2 Å². The Morgan fingerprint density at radius 1 is 1.13 bits per heavy atom. The SMILES string of the molecule is CCCCCCl.O=C(O)c1ccc[c-]1C(=O)O.[Fe].[cH-]1[cH-][cH-][cH-][cH-]1. The van der Waals surface area contributed by atoms with Crippen LogP contribution in [0.2, 0.25) is 0 Å². The van der Waals surface area contributed by atoms with Crippen molar-refractivity contribution in [3.63, 3.8) is 0 Å². The summed E-state index contributed by atoms with van der Waals surface area (Å²) in [5.74, 6) is -1.60. The molecular weight excluding hydrogens is 359 g/mol. The maximum atomic E-state index is 10.3. The third-order valence-corrected chi connectivity index (χ3v) is 2.84. The van der Waals surface area contributed by atoms with E-state index in [0.29, 0.717) is 0 Å². The number of carboxylic acid groups (broad SMARTS) is 2. The van der Waals surface area contributed by atoms with Gasteiger partial charge in [0.2, 0.25) is 5.97 Å². The molecule has 6 heteroatoms. The number of unbranched alkanes of at least 4 members (excludes halogenated alkanes) is 2. The van der Waals surface area contributed by atoms with Crippen molar-refractivity contribution < 1.29 is 36.9 Å². The average molecular weight is 381 g/mol. The predicted octanol–water partition coefficient (Wildman–Crippen LogP) is 4.62. The maximum absolute atomic E-state index is 10.3. The molecule has 0 amide bonds. The van der Waals surface area contributed by atoms with E-state index in [9.17, 15) is 9.59 Å². The normalized spacial score (nSPS) is 8.61. The molecule has 0 aliphatic heterocycles. The van der Waals surface area contributed by atoms with Gasteiger partial charge < -0.3 is 45.3 Å². The van der Waals surface area contributed by atoms with Gasteiger partial charge in [-0.15, -0.1) is 17.7 Å². The molecule has 0 bridgehead atoms. The molecule has 0 aliphatic carbocycles. The molecule has 0 aromatic heterocycles. The summed E-state index contributed by atoms with van der Waals surface area (Å²) in [6.45, 7) is 2.17. The van der Waals surface area contributed by atoms with Gasteiger partial charge in [0.1, 0.15) is 0 Å². The quantitative estimate of drug-likeness (QED) is 0.343. The fourth-order valence-corrected chi connectivity index (χ4v) is 1.65. The number of hydrogen-bond acceptors (Lipinski definition) is 2. The molecule has 0 heterocycles. The van der Waals surface area contributed by atoms with Crippen molar-refractivity contribution in [3.05, 3.63) is 59.7 Å². The maximum Gasteiger partial charge on any atom is 0.292 e. The van der Waals surface area contributed by atoms with Gasteiger partial charge in [-0.1, -0.05) is 25.3 Å². The number of carboxylic acids is 2. The molecule has 0 atom stereocenters. The van der Waals surface area contributed by atoms with E-state index in [-0.39, 0.29) is 28.2 Å². The van der Waals surface area contributed by atoms with Crippen LogP contribution in [0, 0.1) is 0 Å². The van der Waals surface area contributed by atoms with Gasteiger partial charge in [-0.05, 0) is 12.0 Å². The second-order valence-corrected chi connectivity index (χ2v) is 4.70. The van der Waals surface area contributed by atoms with Crippen molar-refractivity contribution in [2.75, 3.05) is 5.88 Å². The molecule has 0 saturated heterocycles. The van der Waals surface area contributed by atoms with Crippen LogP contribution < -0.4 is 0 Å². The zero-order valence-electron chi connectivity index (χ0n) is 12.9. The van der Waals surface area contributed by atoms with Crippen molar-refractivity contribution in [2.24, 2.45) is 0 Å². The number of alkyl halides is 1. The fourth-order valence-electron chi connectivity index (χ4n) is 1.46. The number of carbonyl (C=O) groups is 2. The van der Waals surface area contributed by atoms with Crippen molar-refractivity contribution >= 4 is 23.5 Å². The van der Waals surface area contributed by atoms with Crippen LogP contribution in [-0.4, -0.2) is 28.0 Å². The number of halogens is 1. The average Bonchev–Trinajstić information content (AvgIpc) is 3.18. The summed E-state index contributed by atoms with van der Waals surface area (Å²) < 4.78 is 0. The molecule has 23 heavy (non-hydrogen) atoms. The van der Waals surface area contributed by atoms with Gasteiger partial charge in [-0.3, -0.25) is 4.79 Å². The molecule has 2 N–H and O–H groups in total. The zero-order chi connectivity index (χ0) is 16.8. The van der Waals surface area contributed by atoms with E-state index in [1.807, 2.05) is 30.3 Å². The molecule has 2 rings (SSSR count). The van der Waals surface area contributed by atoms with Crippen LogP contribution in [0.5, 0.6) is 0 Å². The first-order valence-electron chi connectivity index (χ1n) is 6.99. The van der Waals surface area contributed by atoms with Crippen LogP contribution in [-0.2, 0) is 17.1 Å². The van der Waals surface area contributed by atoms with Gasteiger partial charge in [0.05, 0.1) is 0 Å². The van der Waals surface area contributed by atoms with E-state index in [1.54, 1.807) is 0 Å². The summed E-state index contributed by atoms with van der Waals surface area (Å²) in [6, 6.07) is 13.9. The van der Waals surface area contributed by atoms with Crippen LogP contribution in [0.3, 0.4) is 0 Å². The van der Waals surface area contributed by atoms with E-state index >= 15 is 0 Å². The number of rotatable bonds is 5. The summed E-state index contributed by atoms with van der Waals surface area (Å²) in [4.78, 5) is 20.6. The molecule has 2 aromatic rings. The molecule has 0 aliphatic rings. The monoisotopic (exact) mass is 380 g/mol. The van der Waals surface area contributed by atoms with Gasteiger partial charge in [-0.25, -0.2) is 0 Å². The summed E-state index contributed by atoms with van der Waals surface area (Å²) in [6.07, 6.45) is 3.73. The summed E-state index contributed by atoms with van der Waals surface area (Å²) in [7, 11) is 0. The van der Waals surface area contributed by atoms with E-state index < -0.39 is 11.9 Å². The Morgan fingerprint density at radius 2 is 1.65 bits per heavy atom. The molecule has 0 fully saturated rings. The molecule has 0 radical (unpaired) electrons. The summed E-state index contributed by atoms with van der Waals surface area (Å²) in [5, 5.41) is 16.9. The first kappa shape index (κ1) is 23.7. The zero-order valence-corrected chi connectivity index (χ0v) is 14.7. The van der Waals surface area contributed by atoms with E-state index in [4.69, 9.17) is 21.8 Å². The van der Waals surface area contributed by atoms with Crippen LogP contribution >= 0.6 is 11.6 Å². The Bertz CT molecular complexity index is 471.